The first-order valence-electron chi connectivity index (χ1n) is 5.68. The molecule has 0 spiro atoms. The fraction of sp³-hybridized carbons (Fsp3) is 0.727. The highest BCUT2D eigenvalue weighted by atomic mass is 35.5. The Morgan fingerprint density at radius 1 is 1.56 bits per heavy atom. The van der Waals surface area contributed by atoms with Gasteiger partial charge in [-0.05, 0) is 26.8 Å². The lowest BCUT2D eigenvalue weighted by molar-refractivity contribution is 0.0348. The Bertz CT molecular complexity index is 353. The molecule has 2 atom stereocenters. The first kappa shape index (κ1) is 11.9. The standard InChI is InChI=1S/C11H18ClN3O/c1-8-11(12)6-14-15(8)7-10-4-3-9(16-10)5-13-2/h6,9-10,13H,3-5,7H2,1-2H3. The third kappa shape index (κ3) is 2.56. The molecule has 4 nitrogen and oxygen atoms in total. The second-order valence-corrected chi connectivity index (χ2v) is 4.68. The number of likely N-dealkylation sites (N-methyl/N-ethyl adjacent to an activating group) is 1. The lowest BCUT2D eigenvalue weighted by Crippen LogP contribution is -2.25. The van der Waals surface area contributed by atoms with Crippen LogP contribution in [0.25, 0.3) is 0 Å². The molecular formula is C11H18ClN3O. The zero-order valence-corrected chi connectivity index (χ0v) is 10.5. The van der Waals surface area contributed by atoms with Crippen LogP contribution in [0.3, 0.4) is 0 Å². The molecule has 0 radical (unpaired) electrons. The SMILES string of the molecule is CNCC1CCC(Cn2ncc(Cl)c2C)O1. The molecule has 0 amide bonds. The largest absolute Gasteiger partial charge is 0.372 e. The predicted molar refractivity (Wildman–Crippen MR) is 63.8 cm³/mol. The Hall–Kier alpha value is -0.580. The zero-order valence-electron chi connectivity index (χ0n) is 9.74. The van der Waals surface area contributed by atoms with Crippen LogP contribution in [0.4, 0.5) is 0 Å². The summed E-state index contributed by atoms with van der Waals surface area (Å²) >= 11 is 5.96. The van der Waals surface area contributed by atoms with Crippen molar-refractivity contribution in [2.75, 3.05) is 13.6 Å². The van der Waals surface area contributed by atoms with Crippen LogP contribution in [-0.4, -0.2) is 35.6 Å². The van der Waals surface area contributed by atoms with Gasteiger partial charge < -0.3 is 10.1 Å². The molecule has 1 saturated heterocycles. The van der Waals surface area contributed by atoms with Crippen molar-refractivity contribution in [3.8, 4) is 0 Å². The quantitative estimate of drug-likeness (QED) is 0.874. The van der Waals surface area contributed by atoms with Crippen molar-refractivity contribution in [1.29, 1.82) is 0 Å². The molecule has 1 fully saturated rings. The fourth-order valence-electron chi connectivity index (χ4n) is 2.09. The Balaban J connectivity index is 1.89. The maximum atomic E-state index is 5.96. The minimum Gasteiger partial charge on any atom is -0.372 e. The molecule has 1 aliphatic rings. The van der Waals surface area contributed by atoms with E-state index in [0.29, 0.717) is 6.10 Å². The van der Waals surface area contributed by atoms with Gasteiger partial charge in [-0.15, -0.1) is 0 Å². The molecule has 2 heterocycles. The van der Waals surface area contributed by atoms with Crippen molar-refractivity contribution in [3.05, 3.63) is 16.9 Å². The van der Waals surface area contributed by atoms with E-state index in [0.717, 1.165) is 36.6 Å². The summed E-state index contributed by atoms with van der Waals surface area (Å²) in [7, 11) is 1.95. The summed E-state index contributed by atoms with van der Waals surface area (Å²) in [5.74, 6) is 0. The van der Waals surface area contributed by atoms with Gasteiger partial charge in [0.05, 0.1) is 35.7 Å². The molecule has 2 unspecified atom stereocenters. The Morgan fingerprint density at radius 3 is 2.94 bits per heavy atom. The normalized spacial score (nSPS) is 25.2. The van der Waals surface area contributed by atoms with Crippen molar-refractivity contribution in [3.63, 3.8) is 0 Å². The van der Waals surface area contributed by atoms with Crippen LogP contribution in [0.2, 0.25) is 5.02 Å². The van der Waals surface area contributed by atoms with Crippen molar-refractivity contribution in [2.24, 2.45) is 0 Å². The van der Waals surface area contributed by atoms with E-state index in [1.165, 1.54) is 0 Å². The number of rotatable bonds is 4. The Kier molecular flexibility index (Phi) is 3.84. The number of nitrogens with zero attached hydrogens (tertiary/aromatic N) is 2. The molecule has 1 N–H and O–H groups in total. The molecule has 0 bridgehead atoms. The van der Waals surface area contributed by atoms with Gasteiger partial charge in [0.15, 0.2) is 0 Å². The summed E-state index contributed by atoms with van der Waals surface area (Å²) in [6.07, 6.45) is 4.54. The maximum Gasteiger partial charge on any atom is 0.0814 e. The van der Waals surface area contributed by atoms with Gasteiger partial charge in [-0.1, -0.05) is 11.6 Å². The number of hydrogen-bond acceptors (Lipinski definition) is 3. The number of ether oxygens (including phenoxy) is 1. The summed E-state index contributed by atoms with van der Waals surface area (Å²) in [6.45, 7) is 3.71. The second kappa shape index (κ2) is 5.17. The third-order valence-electron chi connectivity index (χ3n) is 3.05. The average molecular weight is 244 g/mol. The number of hydrogen-bond donors (Lipinski definition) is 1. The fourth-order valence-corrected chi connectivity index (χ4v) is 2.23. The van der Waals surface area contributed by atoms with Gasteiger partial charge in [0, 0.05) is 6.54 Å². The van der Waals surface area contributed by atoms with E-state index in [9.17, 15) is 0 Å². The van der Waals surface area contributed by atoms with Gasteiger partial charge in [-0.3, -0.25) is 4.68 Å². The number of nitrogens with one attached hydrogen (secondary N) is 1. The Labute approximate surface area is 101 Å². The number of halogens is 1. The van der Waals surface area contributed by atoms with Crippen LogP contribution < -0.4 is 5.32 Å². The van der Waals surface area contributed by atoms with Crippen LogP contribution in [0.5, 0.6) is 0 Å². The molecule has 1 aliphatic heterocycles. The second-order valence-electron chi connectivity index (χ2n) is 4.28. The molecule has 5 heteroatoms. The van der Waals surface area contributed by atoms with E-state index in [4.69, 9.17) is 16.3 Å². The highest BCUT2D eigenvalue weighted by Crippen LogP contribution is 2.22. The highest BCUT2D eigenvalue weighted by molar-refractivity contribution is 6.31. The number of aromatic nitrogens is 2. The molecule has 0 aromatic carbocycles. The molecule has 2 rings (SSSR count). The van der Waals surface area contributed by atoms with Crippen molar-refractivity contribution in [2.45, 2.75) is 38.5 Å². The molecule has 1 aromatic rings. The van der Waals surface area contributed by atoms with Crippen molar-refractivity contribution in [1.82, 2.24) is 15.1 Å². The maximum absolute atomic E-state index is 5.96. The average Bonchev–Trinajstić information content (AvgIpc) is 2.82. The molecule has 90 valence electrons. The smallest absolute Gasteiger partial charge is 0.0814 e. The van der Waals surface area contributed by atoms with Crippen LogP contribution >= 0.6 is 11.6 Å². The van der Waals surface area contributed by atoms with Gasteiger partial charge >= 0.3 is 0 Å². The van der Waals surface area contributed by atoms with Crippen molar-refractivity contribution >= 4 is 11.6 Å². The summed E-state index contributed by atoms with van der Waals surface area (Å²) in [5.41, 5.74) is 1.02. The third-order valence-corrected chi connectivity index (χ3v) is 3.42. The Morgan fingerprint density at radius 2 is 2.31 bits per heavy atom. The van der Waals surface area contributed by atoms with Crippen molar-refractivity contribution < 1.29 is 4.74 Å². The summed E-state index contributed by atoms with van der Waals surface area (Å²) in [5, 5.41) is 8.11. The molecule has 0 aliphatic carbocycles. The van der Waals surface area contributed by atoms with E-state index >= 15 is 0 Å². The van der Waals surface area contributed by atoms with Crippen LogP contribution in [0.15, 0.2) is 6.20 Å². The first-order valence-corrected chi connectivity index (χ1v) is 6.06. The monoisotopic (exact) mass is 243 g/mol. The lowest BCUT2D eigenvalue weighted by Gasteiger charge is -2.14. The van der Waals surface area contributed by atoms with Crippen LogP contribution in [0, 0.1) is 6.92 Å². The molecule has 1 aromatic heterocycles. The predicted octanol–water partition coefficient (Wildman–Crippen LogP) is 1.61. The zero-order chi connectivity index (χ0) is 11.5. The molecule has 0 saturated carbocycles. The lowest BCUT2D eigenvalue weighted by atomic mass is 10.2. The highest BCUT2D eigenvalue weighted by Gasteiger charge is 2.25. The summed E-state index contributed by atoms with van der Waals surface area (Å²) in [4.78, 5) is 0. The van der Waals surface area contributed by atoms with Gasteiger partial charge in [-0.25, -0.2) is 0 Å². The van der Waals surface area contributed by atoms with Crippen LogP contribution in [-0.2, 0) is 11.3 Å². The summed E-state index contributed by atoms with van der Waals surface area (Å²) in [6, 6.07) is 0. The topological polar surface area (TPSA) is 39.1 Å². The molecular weight excluding hydrogens is 226 g/mol. The van der Waals surface area contributed by atoms with Gasteiger partial charge in [0.25, 0.3) is 0 Å². The van der Waals surface area contributed by atoms with E-state index in [1.54, 1.807) is 6.20 Å². The summed E-state index contributed by atoms with van der Waals surface area (Å²) < 4.78 is 7.83. The minimum absolute atomic E-state index is 0.271. The first-order chi connectivity index (χ1) is 7.70. The van der Waals surface area contributed by atoms with E-state index in [-0.39, 0.29) is 6.10 Å². The van der Waals surface area contributed by atoms with E-state index in [2.05, 4.69) is 10.4 Å². The van der Waals surface area contributed by atoms with Gasteiger partial charge in [0.1, 0.15) is 0 Å². The van der Waals surface area contributed by atoms with Crippen LogP contribution in [0.1, 0.15) is 18.5 Å². The van der Waals surface area contributed by atoms with E-state index in [1.807, 2.05) is 18.7 Å². The minimum atomic E-state index is 0.271. The molecule has 16 heavy (non-hydrogen) atoms. The van der Waals surface area contributed by atoms with Gasteiger partial charge in [-0.2, -0.15) is 5.10 Å². The van der Waals surface area contributed by atoms with E-state index < -0.39 is 0 Å². The van der Waals surface area contributed by atoms with Gasteiger partial charge in [0.2, 0.25) is 0 Å².